The van der Waals surface area contributed by atoms with E-state index in [0.29, 0.717) is 5.41 Å². The van der Waals surface area contributed by atoms with Crippen molar-refractivity contribution in [3.63, 3.8) is 0 Å². The van der Waals surface area contributed by atoms with Crippen molar-refractivity contribution in [3.8, 4) is 0 Å². The molecule has 0 aromatic rings. The van der Waals surface area contributed by atoms with E-state index in [4.69, 9.17) is 0 Å². The molecular formula is C13H28N2. The SMILES string of the molecule is CCCC1(CN(CC)CC)CCCNC1. The van der Waals surface area contributed by atoms with Gasteiger partial charge in [-0.2, -0.15) is 0 Å². The number of nitrogens with zero attached hydrogens (tertiary/aromatic N) is 1. The zero-order valence-corrected chi connectivity index (χ0v) is 10.8. The zero-order valence-electron chi connectivity index (χ0n) is 10.8. The number of piperidine rings is 1. The Hall–Kier alpha value is -0.0800. The lowest BCUT2D eigenvalue weighted by molar-refractivity contribution is 0.113. The van der Waals surface area contributed by atoms with E-state index in [0.717, 1.165) is 0 Å². The highest BCUT2D eigenvalue weighted by Gasteiger charge is 2.32. The molecule has 1 aliphatic heterocycles. The molecular weight excluding hydrogens is 184 g/mol. The van der Waals surface area contributed by atoms with Gasteiger partial charge in [-0.05, 0) is 44.3 Å². The maximum Gasteiger partial charge on any atom is 0.00499 e. The topological polar surface area (TPSA) is 15.3 Å². The van der Waals surface area contributed by atoms with Gasteiger partial charge in [0, 0.05) is 13.1 Å². The molecule has 1 N–H and O–H groups in total. The highest BCUT2D eigenvalue weighted by Crippen LogP contribution is 2.32. The molecule has 1 saturated heterocycles. The summed E-state index contributed by atoms with van der Waals surface area (Å²) >= 11 is 0. The summed E-state index contributed by atoms with van der Waals surface area (Å²) in [5.74, 6) is 0. The third-order valence-electron chi connectivity index (χ3n) is 3.79. The summed E-state index contributed by atoms with van der Waals surface area (Å²) in [6.07, 6.45) is 5.49. The van der Waals surface area contributed by atoms with Gasteiger partial charge in [-0.3, -0.25) is 0 Å². The molecule has 0 aliphatic carbocycles. The van der Waals surface area contributed by atoms with Crippen LogP contribution in [0.2, 0.25) is 0 Å². The van der Waals surface area contributed by atoms with E-state index in [1.165, 1.54) is 58.4 Å². The summed E-state index contributed by atoms with van der Waals surface area (Å²) in [4.78, 5) is 2.59. The lowest BCUT2D eigenvalue weighted by Crippen LogP contribution is -2.47. The van der Waals surface area contributed by atoms with Gasteiger partial charge in [-0.15, -0.1) is 0 Å². The largest absolute Gasteiger partial charge is 0.316 e. The monoisotopic (exact) mass is 212 g/mol. The quantitative estimate of drug-likeness (QED) is 0.728. The van der Waals surface area contributed by atoms with Crippen LogP contribution in [0.5, 0.6) is 0 Å². The van der Waals surface area contributed by atoms with Gasteiger partial charge in [-0.1, -0.05) is 27.2 Å². The number of hydrogen-bond acceptors (Lipinski definition) is 2. The highest BCUT2D eigenvalue weighted by atomic mass is 15.1. The van der Waals surface area contributed by atoms with Crippen molar-refractivity contribution in [2.24, 2.45) is 5.41 Å². The van der Waals surface area contributed by atoms with Gasteiger partial charge >= 0.3 is 0 Å². The van der Waals surface area contributed by atoms with Crippen LogP contribution >= 0.6 is 0 Å². The van der Waals surface area contributed by atoms with Gasteiger partial charge in [0.25, 0.3) is 0 Å². The van der Waals surface area contributed by atoms with E-state index >= 15 is 0 Å². The first-order valence-electron chi connectivity index (χ1n) is 6.69. The summed E-state index contributed by atoms with van der Waals surface area (Å²) in [5, 5.41) is 3.59. The van der Waals surface area contributed by atoms with Crippen LogP contribution in [0, 0.1) is 5.41 Å². The molecule has 1 unspecified atom stereocenters. The van der Waals surface area contributed by atoms with E-state index in [2.05, 4.69) is 31.0 Å². The van der Waals surface area contributed by atoms with Crippen LogP contribution in [0.4, 0.5) is 0 Å². The predicted octanol–water partition coefficient (Wildman–Crippen LogP) is 2.50. The van der Waals surface area contributed by atoms with Crippen LogP contribution in [-0.4, -0.2) is 37.6 Å². The Morgan fingerprint density at radius 2 is 1.93 bits per heavy atom. The molecule has 0 aromatic heterocycles. The fourth-order valence-electron chi connectivity index (χ4n) is 2.91. The van der Waals surface area contributed by atoms with E-state index in [-0.39, 0.29) is 0 Å². The maximum atomic E-state index is 3.59. The third kappa shape index (κ3) is 3.76. The van der Waals surface area contributed by atoms with Crippen molar-refractivity contribution in [1.82, 2.24) is 10.2 Å². The Bertz CT molecular complexity index is 152. The average Bonchev–Trinajstić information content (AvgIpc) is 2.28. The molecule has 1 atom stereocenters. The van der Waals surface area contributed by atoms with E-state index in [1.807, 2.05) is 0 Å². The van der Waals surface area contributed by atoms with Crippen LogP contribution < -0.4 is 5.32 Å². The van der Waals surface area contributed by atoms with Gasteiger partial charge in [-0.25, -0.2) is 0 Å². The van der Waals surface area contributed by atoms with Crippen LogP contribution in [-0.2, 0) is 0 Å². The molecule has 0 saturated carbocycles. The lowest BCUT2D eigenvalue weighted by atomic mass is 9.76. The van der Waals surface area contributed by atoms with Crippen LogP contribution in [0.1, 0.15) is 46.5 Å². The smallest absolute Gasteiger partial charge is 0.00499 e. The van der Waals surface area contributed by atoms with Crippen LogP contribution in [0.15, 0.2) is 0 Å². The summed E-state index contributed by atoms with van der Waals surface area (Å²) in [6.45, 7) is 13.0. The van der Waals surface area contributed by atoms with Gasteiger partial charge in [0.05, 0.1) is 0 Å². The second-order valence-electron chi connectivity index (χ2n) is 4.99. The second kappa shape index (κ2) is 6.49. The highest BCUT2D eigenvalue weighted by molar-refractivity contribution is 4.87. The van der Waals surface area contributed by atoms with Gasteiger partial charge in [0.15, 0.2) is 0 Å². The Balaban J connectivity index is 2.54. The van der Waals surface area contributed by atoms with Crippen LogP contribution in [0.25, 0.3) is 0 Å². The minimum absolute atomic E-state index is 0.568. The van der Waals surface area contributed by atoms with E-state index in [9.17, 15) is 0 Å². The Kier molecular flexibility index (Phi) is 5.62. The zero-order chi connectivity index (χ0) is 11.1. The normalized spacial score (nSPS) is 27.2. The Labute approximate surface area is 95.4 Å². The second-order valence-corrected chi connectivity index (χ2v) is 4.99. The molecule has 0 amide bonds. The van der Waals surface area contributed by atoms with Gasteiger partial charge in [0.1, 0.15) is 0 Å². The Morgan fingerprint density at radius 1 is 1.20 bits per heavy atom. The van der Waals surface area contributed by atoms with Crippen molar-refractivity contribution in [2.45, 2.75) is 46.5 Å². The van der Waals surface area contributed by atoms with Crippen molar-refractivity contribution in [3.05, 3.63) is 0 Å². The molecule has 0 aromatic carbocycles. The first-order chi connectivity index (χ1) is 7.26. The summed E-state index contributed by atoms with van der Waals surface area (Å²) < 4.78 is 0. The summed E-state index contributed by atoms with van der Waals surface area (Å²) in [5.41, 5.74) is 0.568. The number of hydrogen-bond donors (Lipinski definition) is 1. The molecule has 1 rings (SSSR count). The van der Waals surface area contributed by atoms with Gasteiger partial charge < -0.3 is 10.2 Å². The number of nitrogens with one attached hydrogen (secondary N) is 1. The molecule has 2 heteroatoms. The average molecular weight is 212 g/mol. The fourth-order valence-corrected chi connectivity index (χ4v) is 2.91. The lowest BCUT2D eigenvalue weighted by Gasteiger charge is -2.41. The molecule has 90 valence electrons. The van der Waals surface area contributed by atoms with Crippen LogP contribution in [0.3, 0.4) is 0 Å². The van der Waals surface area contributed by atoms with Crippen molar-refractivity contribution < 1.29 is 0 Å². The fraction of sp³-hybridized carbons (Fsp3) is 1.00. The maximum absolute atomic E-state index is 3.59. The molecule has 1 heterocycles. The predicted molar refractivity (Wildman–Crippen MR) is 67.2 cm³/mol. The minimum atomic E-state index is 0.568. The minimum Gasteiger partial charge on any atom is -0.316 e. The molecule has 1 fully saturated rings. The first kappa shape index (κ1) is 13.0. The van der Waals surface area contributed by atoms with E-state index < -0.39 is 0 Å². The van der Waals surface area contributed by atoms with Crippen molar-refractivity contribution in [2.75, 3.05) is 32.7 Å². The van der Waals surface area contributed by atoms with E-state index in [1.54, 1.807) is 0 Å². The summed E-state index contributed by atoms with van der Waals surface area (Å²) in [6, 6.07) is 0. The Morgan fingerprint density at radius 3 is 2.40 bits per heavy atom. The first-order valence-corrected chi connectivity index (χ1v) is 6.69. The molecule has 15 heavy (non-hydrogen) atoms. The summed E-state index contributed by atoms with van der Waals surface area (Å²) in [7, 11) is 0. The number of rotatable bonds is 6. The van der Waals surface area contributed by atoms with Crippen molar-refractivity contribution >= 4 is 0 Å². The van der Waals surface area contributed by atoms with Gasteiger partial charge in [0.2, 0.25) is 0 Å². The molecule has 2 nitrogen and oxygen atoms in total. The van der Waals surface area contributed by atoms with Crippen molar-refractivity contribution in [1.29, 1.82) is 0 Å². The molecule has 0 radical (unpaired) electrons. The molecule has 0 spiro atoms. The molecule has 1 aliphatic rings. The standard InChI is InChI=1S/C13H28N2/c1-4-8-13(9-7-10-14-11-13)12-15(5-2)6-3/h14H,4-12H2,1-3H3. The third-order valence-corrected chi connectivity index (χ3v) is 3.79. The molecule has 0 bridgehead atoms.